The van der Waals surface area contributed by atoms with Crippen molar-refractivity contribution in [2.75, 3.05) is 7.11 Å². The number of hydrogen-bond acceptors (Lipinski definition) is 4. The average molecular weight is 293 g/mol. The van der Waals surface area contributed by atoms with Gasteiger partial charge in [-0.3, -0.25) is 19.2 Å². The number of benzene rings is 1. The van der Waals surface area contributed by atoms with E-state index >= 15 is 0 Å². The van der Waals surface area contributed by atoms with Gasteiger partial charge in [-0.25, -0.2) is 4.79 Å². The Hall–Kier alpha value is -2.31. The average Bonchev–Trinajstić information content (AvgIpc) is 2.68. The van der Waals surface area contributed by atoms with Crippen molar-refractivity contribution in [1.82, 2.24) is 9.13 Å². The second kappa shape index (κ2) is 5.23. The molecule has 0 unspecified atom stereocenters. The lowest BCUT2D eigenvalue weighted by atomic mass is 10.0. The molecular weight excluding hydrogens is 274 g/mol. The Morgan fingerprint density at radius 1 is 1.33 bits per heavy atom. The predicted molar refractivity (Wildman–Crippen MR) is 79.4 cm³/mol. The first-order valence-corrected chi connectivity index (χ1v) is 6.65. The summed E-state index contributed by atoms with van der Waals surface area (Å²) in [4.78, 5) is 23.0. The Labute approximate surface area is 121 Å². The molecule has 2 rings (SSSR count). The van der Waals surface area contributed by atoms with Crippen LogP contribution in [0, 0.1) is 10.1 Å². The van der Waals surface area contributed by atoms with Crippen LogP contribution in [-0.2, 0) is 13.6 Å². The summed E-state index contributed by atoms with van der Waals surface area (Å²) in [5, 5.41) is 11.0. The number of nitro groups is 1. The summed E-state index contributed by atoms with van der Waals surface area (Å²) < 4.78 is 8.25. The van der Waals surface area contributed by atoms with Gasteiger partial charge in [0.15, 0.2) is 0 Å². The maximum absolute atomic E-state index is 12.3. The number of methoxy groups -OCH3 is 1. The zero-order chi connectivity index (χ0) is 15.8. The summed E-state index contributed by atoms with van der Waals surface area (Å²) in [6.45, 7) is 3.43. The van der Waals surface area contributed by atoms with Gasteiger partial charge in [0.05, 0.1) is 18.1 Å². The van der Waals surface area contributed by atoms with E-state index in [4.69, 9.17) is 4.74 Å². The molecule has 7 nitrogen and oxygen atoms in total. The molecule has 0 fully saturated rings. The number of ether oxygens (including phenoxy) is 1. The van der Waals surface area contributed by atoms with E-state index in [0.717, 1.165) is 11.0 Å². The van der Waals surface area contributed by atoms with Crippen LogP contribution in [0.5, 0.6) is 5.75 Å². The lowest BCUT2D eigenvalue weighted by Crippen LogP contribution is -2.34. The number of hydrogen-bond donors (Lipinski definition) is 0. The molecule has 21 heavy (non-hydrogen) atoms. The van der Waals surface area contributed by atoms with Crippen LogP contribution in [0.15, 0.2) is 23.0 Å². The van der Waals surface area contributed by atoms with Gasteiger partial charge in [-0.05, 0) is 12.1 Å². The quantitative estimate of drug-likeness (QED) is 0.622. The molecule has 0 radical (unpaired) electrons. The van der Waals surface area contributed by atoms with Crippen molar-refractivity contribution in [2.45, 2.75) is 32.4 Å². The van der Waals surface area contributed by atoms with Crippen molar-refractivity contribution < 1.29 is 9.66 Å². The lowest BCUT2D eigenvalue weighted by molar-refractivity contribution is -0.561. The van der Waals surface area contributed by atoms with Crippen molar-refractivity contribution >= 4 is 11.0 Å². The van der Waals surface area contributed by atoms with E-state index in [0.29, 0.717) is 12.3 Å². The Kier molecular flexibility index (Phi) is 3.76. The van der Waals surface area contributed by atoms with E-state index in [-0.39, 0.29) is 17.0 Å². The smallest absolute Gasteiger partial charge is 0.328 e. The van der Waals surface area contributed by atoms with Crippen molar-refractivity contribution in [1.29, 1.82) is 0 Å². The third-order valence-electron chi connectivity index (χ3n) is 3.79. The zero-order valence-corrected chi connectivity index (χ0v) is 12.6. The highest BCUT2D eigenvalue weighted by molar-refractivity contribution is 5.77. The second-order valence-corrected chi connectivity index (χ2v) is 5.67. The number of rotatable bonds is 5. The van der Waals surface area contributed by atoms with Crippen molar-refractivity contribution in [3.05, 3.63) is 38.8 Å². The SMILES string of the molecule is COc1ccc2c(c1)n(C)c(=O)n2CCC(C)(C)[N+](=O)[O-]. The maximum atomic E-state index is 12.3. The number of nitrogens with zero attached hydrogens (tertiary/aromatic N) is 3. The maximum Gasteiger partial charge on any atom is 0.328 e. The zero-order valence-electron chi connectivity index (χ0n) is 12.6. The highest BCUT2D eigenvalue weighted by Gasteiger charge is 2.30. The van der Waals surface area contributed by atoms with E-state index in [1.165, 1.54) is 4.57 Å². The number of fused-ring (bicyclic) bond motifs is 1. The van der Waals surface area contributed by atoms with Gasteiger partial charge in [0.2, 0.25) is 5.54 Å². The standard InChI is InChI=1S/C14H19N3O4/c1-14(2,17(19)20)7-8-16-11-6-5-10(21-4)9-12(11)15(3)13(16)18/h5-6,9H,7-8H2,1-4H3. The minimum Gasteiger partial charge on any atom is -0.497 e. The van der Waals surface area contributed by atoms with E-state index in [2.05, 4.69) is 0 Å². The molecule has 1 heterocycles. The molecule has 0 aliphatic carbocycles. The molecule has 0 aliphatic heterocycles. The number of aromatic nitrogens is 2. The van der Waals surface area contributed by atoms with Gasteiger partial charge in [-0.1, -0.05) is 0 Å². The van der Waals surface area contributed by atoms with Gasteiger partial charge >= 0.3 is 5.69 Å². The fourth-order valence-corrected chi connectivity index (χ4v) is 2.21. The molecule has 2 aromatic rings. The van der Waals surface area contributed by atoms with Crippen LogP contribution in [0.4, 0.5) is 0 Å². The summed E-state index contributed by atoms with van der Waals surface area (Å²) >= 11 is 0. The second-order valence-electron chi connectivity index (χ2n) is 5.67. The lowest BCUT2D eigenvalue weighted by Gasteiger charge is -2.15. The van der Waals surface area contributed by atoms with E-state index < -0.39 is 5.54 Å². The highest BCUT2D eigenvalue weighted by Crippen LogP contribution is 2.21. The molecule has 0 aliphatic rings. The molecule has 114 valence electrons. The molecule has 0 amide bonds. The van der Waals surface area contributed by atoms with Gasteiger partial charge in [-0.15, -0.1) is 0 Å². The fourth-order valence-electron chi connectivity index (χ4n) is 2.21. The molecule has 0 atom stereocenters. The summed E-state index contributed by atoms with van der Waals surface area (Å²) in [7, 11) is 3.25. The minimum absolute atomic E-state index is 0.183. The van der Waals surface area contributed by atoms with Crippen molar-refractivity contribution in [3.63, 3.8) is 0 Å². The van der Waals surface area contributed by atoms with Gasteiger partial charge in [0, 0.05) is 44.9 Å². The number of imidazole rings is 1. The van der Waals surface area contributed by atoms with Crippen molar-refractivity contribution in [3.8, 4) is 5.75 Å². The molecule has 0 saturated carbocycles. The molecule has 1 aromatic heterocycles. The Balaban J connectivity index is 2.43. The van der Waals surface area contributed by atoms with E-state index in [1.54, 1.807) is 50.8 Å². The van der Waals surface area contributed by atoms with Crippen molar-refractivity contribution in [2.24, 2.45) is 7.05 Å². The third kappa shape index (κ3) is 2.63. The van der Waals surface area contributed by atoms with Gasteiger partial charge in [0.1, 0.15) is 5.75 Å². The highest BCUT2D eigenvalue weighted by atomic mass is 16.6. The molecule has 0 bridgehead atoms. The van der Waals surface area contributed by atoms with Crippen LogP contribution >= 0.6 is 0 Å². The Morgan fingerprint density at radius 2 is 2.00 bits per heavy atom. The topological polar surface area (TPSA) is 79.3 Å². The molecule has 7 heteroatoms. The summed E-state index contributed by atoms with van der Waals surface area (Å²) in [5.41, 5.74) is 0.256. The van der Waals surface area contributed by atoms with Gasteiger partial charge in [-0.2, -0.15) is 0 Å². The normalized spacial score (nSPS) is 11.8. The van der Waals surface area contributed by atoms with Crippen LogP contribution in [0.25, 0.3) is 11.0 Å². The Morgan fingerprint density at radius 3 is 2.57 bits per heavy atom. The minimum atomic E-state index is -1.06. The largest absolute Gasteiger partial charge is 0.497 e. The van der Waals surface area contributed by atoms with E-state index in [1.807, 2.05) is 0 Å². The Bertz CT molecular complexity index is 742. The van der Waals surface area contributed by atoms with Crippen LogP contribution in [0.1, 0.15) is 20.3 Å². The number of aryl methyl sites for hydroxylation is 2. The first kappa shape index (κ1) is 15.1. The van der Waals surface area contributed by atoms with Crippen LogP contribution < -0.4 is 10.4 Å². The summed E-state index contributed by atoms with van der Waals surface area (Å²) in [5.74, 6) is 0.667. The first-order valence-electron chi connectivity index (χ1n) is 6.65. The molecule has 0 spiro atoms. The third-order valence-corrected chi connectivity index (χ3v) is 3.79. The van der Waals surface area contributed by atoms with Crippen LogP contribution in [0.2, 0.25) is 0 Å². The van der Waals surface area contributed by atoms with E-state index in [9.17, 15) is 14.9 Å². The molecule has 0 saturated heterocycles. The molecule has 0 N–H and O–H groups in total. The van der Waals surface area contributed by atoms with Crippen LogP contribution in [-0.4, -0.2) is 26.7 Å². The van der Waals surface area contributed by atoms with Crippen LogP contribution in [0.3, 0.4) is 0 Å². The summed E-state index contributed by atoms with van der Waals surface area (Å²) in [6, 6.07) is 5.36. The molecule has 1 aromatic carbocycles. The first-order chi connectivity index (χ1) is 9.77. The summed E-state index contributed by atoms with van der Waals surface area (Å²) in [6.07, 6.45) is 0.283. The fraction of sp³-hybridized carbons (Fsp3) is 0.500. The predicted octanol–water partition coefficient (Wildman–Crippen LogP) is 1.79. The molecular formula is C14H19N3O4. The monoisotopic (exact) mass is 293 g/mol. The van der Waals surface area contributed by atoms with Gasteiger partial charge in [0.25, 0.3) is 0 Å². The van der Waals surface area contributed by atoms with Gasteiger partial charge < -0.3 is 4.74 Å².